The van der Waals surface area contributed by atoms with E-state index in [9.17, 15) is 0 Å². The summed E-state index contributed by atoms with van der Waals surface area (Å²) in [6, 6.07) is 0.890. The summed E-state index contributed by atoms with van der Waals surface area (Å²) in [7, 11) is -3.83. The zero-order chi connectivity index (χ0) is 8.32. The van der Waals surface area contributed by atoms with Crippen molar-refractivity contribution in [2.24, 2.45) is 0 Å². The van der Waals surface area contributed by atoms with Crippen molar-refractivity contribution >= 4 is 27.9 Å². The largest absolute Gasteiger partial charge is 0.423 e. The Morgan fingerprint density at radius 3 is 3.00 bits per heavy atom. The van der Waals surface area contributed by atoms with Crippen LogP contribution in [0.2, 0.25) is 19.1 Å². The van der Waals surface area contributed by atoms with Crippen LogP contribution in [0.1, 0.15) is 0 Å². The summed E-state index contributed by atoms with van der Waals surface area (Å²) in [5.41, 5.74) is 0. The van der Waals surface area contributed by atoms with E-state index in [0.29, 0.717) is 0 Å². The zero-order valence-electron chi connectivity index (χ0n) is 7.00. The molecule has 1 aliphatic rings. The summed E-state index contributed by atoms with van der Waals surface area (Å²) in [6.45, 7) is 7.84. The van der Waals surface area contributed by atoms with Crippen LogP contribution in [-0.2, 0) is 12.3 Å². The van der Waals surface area contributed by atoms with E-state index >= 15 is 0 Å². The van der Waals surface area contributed by atoms with Crippen LogP contribution in [0, 0.1) is 0 Å². The Labute approximate surface area is 72.5 Å². The maximum atomic E-state index is 5.71. The van der Waals surface area contributed by atoms with Gasteiger partial charge >= 0.3 is 8.56 Å². The SMILES string of the molecule is C=CC[Si]1(C)O[SiH2]O[SiH](C)O1. The molecule has 6 heteroatoms. The molecule has 0 bridgehead atoms. The Balaban J connectivity index is 2.47. The first-order chi connectivity index (χ1) is 5.16. The molecule has 0 N–H and O–H groups in total. The van der Waals surface area contributed by atoms with Crippen molar-refractivity contribution < 1.29 is 12.3 Å². The quantitative estimate of drug-likeness (QED) is 0.476. The highest BCUT2D eigenvalue weighted by Gasteiger charge is 2.35. The minimum atomic E-state index is -1.82. The molecule has 0 aromatic rings. The second kappa shape index (κ2) is 3.79. The van der Waals surface area contributed by atoms with Crippen molar-refractivity contribution in [3.05, 3.63) is 12.7 Å². The minimum absolute atomic E-state index is 0.713. The van der Waals surface area contributed by atoms with E-state index in [2.05, 4.69) is 19.7 Å². The third kappa shape index (κ3) is 2.65. The van der Waals surface area contributed by atoms with Gasteiger partial charge in [0.1, 0.15) is 0 Å². The van der Waals surface area contributed by atoms with Gasteiger partial charge in [-0.1, -0.05) is 6.08 Å². The minimum Gasteiger partial charge on any atom is -0.423 e. The second-order valence-electron chi connectivity index (χ2n) is 2.74. The van der Waals surface area contributed by atoms with E-state index < -0.39 is 27.9 Å². The standard InChI is InChI=1S/C5H14O3Si3/c1-4-5-11(3)7-9-6-10(2)8-11/h4,10H,1,5,9H2,2-3H3. The molecule has 0 amide bonds. The molecule has 0 radical (unpaired) electrons. The lowest BCUT2D eigenvalue weighted by molar-refractivity contribution is 0.286. The van der Waals surface area contributed by atoms with Gasteiger partial charge in [-0.3, -0.25) is 0 Å². The van der Waals surface area contributed by atoms with Crippen LogP contribution in [0.4, 0.5) is 0 Å². The fourth-order valence-electron chi connectivity index (χ4n) is 1.04. The van der Waals surface area contributed by atoms with E-state index in [1.165, 1.54) is 0 Å². The molecule has 0 aliphatic carbocycles. The van der Waals surface area contributed by atoms with Crippen molar-refractivity contribution in [3.8, 4) is 0 Å². The maximum absolute atomic E-state index is 5.71. The van der Waals surface area contributed by atoms with Gasteiger partial charge in [0.25, 0.3) is 19.3 Å². The lowest BCUT2D eigenvalue weighted by Crippen LogP contribution is -2.50. The van der Waals surface area contributed by atoms with E-state index in [1.54, 1.807) is 0 Å². The van der Waals surface area contributed by atoms with Crippen LogP contribution >= 0.6 is 0 Å². The van der Waals surface area contributed by atoms with Gasteiger partial charge < -0.3 is 12.3 Å². The summed E-state index contributed by atoms with van der Waals surface area (Å²) in [6.07, 6.45) is 1.88. The molecule has 0 saturated carbocycles. The number of rotatable bonds is 2. The molecule has 1 aliphatic heterocycles. The molecule has 1 heterocycles. The highest BCUT2D eigenvalue weighted by Crippen LogP contribution is 2.18. The van der Waals surface area contributed by atoms with Gasteiger partial charge in [-0.2, -0.15) is 0 Å². The second-order valence-corrected chi connectivity index (χ2v) is 10.2. The third-order valence-electron chi connectivity index (χ3n) is 1.60. The third-order valence-corrected chi connectivity index (χ3v) is 11.3. The van der Waals surface area contributed by atoms with Crippen molar-refractivity contribution in [2.75, 3.05) is 0 Å². The Morgan fingerprint density at radius 2 is 2.45 bits per heavy atom. The Kier molecular flexibility index (Phi) is 3.22. The summed E-state index contributed by atoms with van der Waals surface area (Å²) in [5, 5.41) is 0. The number of allylic oxidation sites excluding steroid dienone is 1. The molecule has 0 aromatic heterocycles. The van der Waals surface area contributed by atoms with Gasteiger partial charge in [-0.05, 0) is 13.1 Å². The van der Waals surface area contributed by atoms with Crippen LogP contribution in [0.25, 0.3) is 0 Å². The molecule has 3 nitrogen and oxygen atoms in total. The molecule has 1 fully saturated rings. The molecule has 1 rings (SSSR count). The lowest BCUT2D eigenvalue weighted by Gasteiger charge is -2.34. The van der Waals surface area contributed by atoms with Gasteiger partial charge in [0.05, 0.1) is 0 Å². The predicted molar refractivity (Wildman–Crippen MR) is 51.4 cm³/mol. The first-order valence-electron chi connectivity index (χ1n) is 3.70. The fraction of sp³-hybridized carbons (Fsp3) is 0.600. The fourth-order valence-corrected chi connectivity index (χ4v) is 9.65. The molecule has 11 heavy (non-hydrogen) atoms. The average Bonchev–Trinajstić information content (AvgIpc) is 1.86. The molecule has 0 aromatic carbocycles. The van der Waals surface area contributed by atoms with Gasteiger partial charge in [-0.25, -0.2) is 0 Å². The van der Waals surface area contributed by atoms with Gasteiger partial charge in [0.2, 0.25) is 0 Å². The van der Waals surface area contributed by atoms with Crippen molar-refractivity contribution in [3.63, 3.8) is 0 Å². The molecule has 2 unspecified atom stereocenters. The molecular weight excluding hydrogens is 192 g/mol. The summed E-state index contributed by atoms with van der Waals surface area (Å²) in [4.78, 5) is 0. The number of hydrogen-bond acceptors (Lipinski definition) is 3. The molecule has 0 spiro atoms. The van der Waals surface area contributed by atoms with Crippen LogP contribution in [0.3, 0.4) is 0 Å². The molecule has 2 atom stereocenters. The Morgan fingerprint density at radius 1 is 1.73 bits per heavy atom. The lowest BCUT2D eigenvalue weighted by atomic mass is 10.8. The first kappa shape index (κ1) is 9.36. The highest BCUT2D eigenvalue weighted by molar-refractivity contribution is 6.79. The van der Waals surface area contributed by atoms with Crippen LogP contribution in [-0.4, -0.2) is 27.9 Å². The van der Waals surface area contributed by atoms with Crippen molar-refractivity contribution in [2.45, 2.75) is 19.1 Å². The molecule has 1 saturated heterocycles. The highest BCUT2D eigenvalue weighted by atomic mass is 28.5. The van der Waals surface area contributed by atoms with E-state index in [-0.39, 0.29) is 0 Å². The maximum Gasteiger partial charge on any atom is 0.320 e. The summed E-state index contributed by atoms with van der Waals surface area (Å²) in [5.74, 6) is 0. The topological polar surface area (TPSA) is 27.7 Å². The monoisotopic (exact) mass is 206 g/mol. The predicted octanol–water partition coefficient (Wildman–Crippen LogP) is 0.157. The average molecular weight is 206 g/mol. The molecular formula is C5H14O3Si3. The van der Waals surface area contributed by atoms with Crippen LogP contribution < -0.4 is 0 Å². The smallest absolute Gasteiger partial charge is 0.320 e. The van der Waals surface area contributed by atoms with Gasteiger partial charge in [0.15, 0.2) is 0 Å². The van der Waals surface area contributed by atoms with Crippen LogP contribution in [0.5, 0.6) is 0 Å². The van der Waals surface area contributed by atoms with E-state index in [4.69, 9.17) is 12.3 Å². The normalized spacial score (nSPS) is 40.7. The number of hydrogen-bond donors (Lipinski definition) is 0. The van der Waals surface area contributed by atoms with Crippen LogP contribution in [0.15, 0.2) is 12.7 Å². The van der Waals surface area contributed by atoms with Crippen molar-refractivity contribution in [1.82, 2.24) is 0 Å². The summed E-state index contributed by atoms with van der Waals surface area (Å²) < 4.78 is 16.6. The zero-order valence-corrected chi connectivity index (χ0v) is 10.6. The molecule has 64 valence electrons. The summed E-state index contributed by atoms with van der Waals surface area (Å²) >= 11 is 0. The van der Waals surface area contributed by atoms with E-state index in [0.717, 1.165) is 6.04 Å². The Bertz CT molecular complexity index is 154. The van der Waals surface area contributed by atoms with Gasteiger partial charge in [-0.15, -0.1) is 6.58 Å². The Hall–Kier alpha value is 0.271. The van der Waals surface area contributed by atoms with E-state index in [1.807, 2.05) is 6.08 Å². The van der Waals surface area contributed by atoms with Gasteiger partial charge in [0, 0.05) is 6.04 Å². The first-order valence-corrected chi connectivity index (χ1v) is 9.48. The van der Waals surface area contributed by atoms with Crippen molar-refractivity contribution in [1.29, 1.82) is 0 Å².